The number of hydrogen-bond acceptors (Lipinski definition) is 4. The Labute approximate surface area is 104 Å². The molecule has 0 aliphatic heterocycles. The van der Waals surface area contributed by atoms with E-state index in [0.29, 0.717) is 12.8 Å². The van der Waals surface area contributed by atoms with E-state index in [9.17, 15) is 8.78 Å². The van der Waals surface area contributed by atoms with Crippen LogP contribution in [-0.2, 0) is 5.54 Å². The first-order chi connectivity index (χ1) is 7.82. The molecule has 1 aliphatic carbocycles. The highest BCUT2D eigenvalue weighted by molar-refractivity contribution is 7.15. The Morgan fingerprint density at radius 2 is 1.88 bits per heavy atom. The van der Waals surface area contributed by atoms with E-state index in [1.54, 1.807) is 6.20 Å². The molecule has 96 valence electrons. The first-order valence-corrected chi connectivity index (χ1v) is 6.44. The van der Waals surface area contributed by atoms with Crippen molar-refractivity contribution in [1.29, 1.82) is 0 Å². The number of aromatic nitrogens is 1. The zero-order valence-electron chi connectivity index (χ0n) is 10.0. The molecule has 1 aromatic rings. The minimum absolute atomic E-state index is 0.126. The van der Waals surface area contributed by atoms with Crippen LogP contribution in [-0.4, -0.2) is 25.0 Å². The van der Waals surface area contributed by atoms with Crippen molar-refractivity contribution in [2.24, 2.45) is 5.73 Å². The van der Waals surface area contributed by atoms with Crippen molar-refractivity contribution in [1.82, 2.24) is 4.98 Å². The summed E-state index contributed by atoms with van der Waals surface area (Å²) in [6.45, 7) is 0. The number of hydrogen-bond donors (Lipinski definition) is 1. The third kappa shape index (κ3) is 2.57. The molecule has 0 saturated heterocycles. The van der Waals surface area contributed by atoms with Gasteiger partial charge in [0.15, 0.2) is 5.13 Å². The average Bonchev–Trinajstić information content (AvgIpc) is 2.73. The lowest BCUT2D eigenvalue weighted by molar-refractivity contribution is -0.0509. The van der Waals surface area contributed by atoms with Crippen molar-refractivity contribution in [3.8, 4) is 0 Å². The highest BCUT2D eigenvalue weighted by atomic mass is 32.1. The summed E-state index contributed by atoms with van der Waals surface area (Å²) in [5, 5.41) is 0.863. The van der Waals surface area contributed by atoms with Crippen molar-refractivity contribution in [2.75, 3.05) is 19.0 Å². The van der Waals surface area contributed by atoms with Crippen LogP contribution in [0.2, 0.25) is 0 Å². The van der Waals surface area contributed by atoms with Crippen LogP contribution in [0.25, 0.3) is 0 Å². The lowest BCUT2D eigenvalue weighted by Gasteiger charge is -2.36. The van der Waals surface area contributed by atoms with Gasteiger partial charge in [-0.3, -0.25) is 0 Å². The maximum Gasteiger partial charge on any atom is 0.248 e. The Balaban J connectivity index is 2.16. The largest absolute Gasteiger partial charge is 0.354 e. The van der Waals surface area contributed by atoms with E-state index < -0.39 is 11.5 Å². The second-order valence-corrected chi connectivity index (χ2v) is 5.92. The molecule has 1 fully saturated rings. The van der Waals surface area contributed by atoms with Crippen molar-refractivity contribution in [2.45, 2.75) is 37.1 Å². The Kier molecular flexibility index (Phi) is 3.12. The van der Waals surface area contributed by atoms with E-state index >= 15 is 0 Å². The molecule has 3 nitrogen and oxygen atoms in total. The van der Waals surface area contributed by atoms with Crippen LogP contribution in [0.5, 0.6) is 0 Å². The number of halogens is 2. The number of nitrogens with two attached hydrogens (primary N) is 1. The van der Waals surface area contributed by atoms with Crippen LogP contribution in [0.3, 0.4) is 0 Å². The molecule has 0 aromatic carbocycles. The van der Waals surface area contributed by atoms with Crippen LogP contribution in [0, 0.1) is 0 Å². The molecule has 6 heteroatoms. The van der Waals surface area contributed by atoms with Gasteiger partial charge in [0.25, 0.3) is 0 Å². The van der Waals surface area contributed by atoms with Crippen LogP contribution in [0.4, 0.5) is 13.9 Å². The van der Waals surface area contributed by atoms with Gasteiger partial charge in [-0.2, -0.15) is 0 Å². The molecule has 0 bridgehead atoms. The zero-order valence-corrected chi connectivity index (χ0v) is 10.9. The van der Waals surface area contributed by atoms with Crippen LogP contribution in [0.15, 0.2) is 6.20 Å². The molecule has 0 amide bonds. The van der Waals surface area contributed by atoms with Gasteiger partial charge in [-0.05, 0) is 12.8 Å². The maximum absolute atomic E-state index is 13.1. The second-order valence-electron chi connectivity index (χ2n) is 4.91. The fourth-order valence-corrected chi connectivity index (χ4v) is 3.01. The molecule has 1 aromatic heterocycles. The Morgan fingerprint density at radius 1 is 1.29 bits per heavy atom. The highest BCUT2D eigenvalue weighted by Gasteiger charge is 2.43. The maximum atomic E-state index is 13.1. The van der Waals surface area contributed by atoms with Gasteiger partial charge >= 0.3 is 0 Å². The van der Waals surface area contributed by atoms with Crippen molar-refractivity contribution in [3.63, 3.8) is 0 Å². The van der Waals surface area contributed by atoms with E-state index in [2.05, 4.69) is 4.98 Å². The van der Waals surface area contributed by atoms with E-state index in [0.717, 1.165) is 10.0 Å². The van der Waals surface area contributed by atoms with E-state index in [4.69, 9.17) is 5.73 Å². The van der Waals surface area contributed by atoms with Crippen molar-refractivity contribution < 1.29 is 8.78 Å². The topological polar surface area (TPSA) is 42.2 Å². The lowest BCUT2D eigenvalue weighted by Crippen LogP contribution is -2.42. The smallest absolute Gasteiger partial charge is 0.248 e. The monoisotopic (exact) mass is 261 g/mol. The van der Waals surface area contributed by atoms with Gasteiger partial charge in [-0.15, -0.1) is 11.3 Å². The van der Waals surface area contributed by atoms with Gasteiger partial charge in [0.1, 0.15) is 0 Å². The molecule has 1 heterocycles. The molecule has 2 N–H and O–H groups in total. The summed E-state index contributed by atoms with van der Waals surface area (Å²) in [4.78, 5) is 7.06. The summed E-state index contributed by atoms with van der Waals surface area (Å²) < 4.78 is 26.2. The Hall–Kier alpha value is -0.750. The number of anilines is 1. The van der Waals surface area contributed by atoms with Gasteiger partial charge < -0.3 is 10.6 Å². The lowest BCUT2D eigenvalue weighted by atomic mass is 9.80. The number of rotatable bonds is 2. The average molecular weight is 261 g/mol. The third-order valence-electron chi connectivity index (χ3n) is 3.24. The van der Waals surface area contributed by atoms with Crippen LogP contribution >= 0.6 is 11.3 Å². The highest BCUT2D eigenvalue weighted by Crippen LogP contribution is 2.44. The van der Waals surface area contributed by atoms with Crippen LogP contribution in [0.1, 0.15) is 30.6 Å². The van der Waals surface area contributed by atoms with Gasteiger partial charge in [-0.1, -0.05) is 0 Å². The molecular formula is C11H17F2N3S. The summed E-state index contributed by atoms with van der Waals surface area (Å²) in [6.07, 6.45) is 2.13. The standard InChI is InChI=1S/C11H17F2N3S/c1-16(2)9-15-7-8(17-9)10(14)3-5-11(12,13)6-4-10/h7H,3-6,14H2,1-2H3. The van der Waals surface area contributed by atoms with Gasteiger partial charge in [0.05, 0.1) is 5.54 Å². The second kappa shape index (κ2) is 4.17. The molecule has 0 spiro atoms. The van der Waals surface area contributed by atoms with Gasteiger partial charge in [0, 0.05) is 38.0 Å². The summed E-state index contributed by atoms with van der Waals surface area (Å²) in [7, 11) is 3.81. The summed E-state index contributed by atoms with van der Waals surface area (Å²) in [5.74, 6) is -2.54. The van der Waals surface area contributed by atoms with E-state index in [1.165, 1.54) is 11.3 Å². The SMILES string of the molecule is CN(C)c1ncc(C2(N)CCC(F)(F)CC2)s1. The van der Waals surface area contributed by atoms with Crippen LogP contribution < -0.4 is 10.6 Å². The van der Waals surface area contributed by atoms with Gasteiger partial charge in [-0.25, -0.2) is 13.8 Å². The molecule has 2 rings (SSSR count). The minimum Gasteiger partial charge on any atom is -0.354 e. The molecule has 0 unspecified atom stereocenters. The number of alkyl halides is 2. The predicted octanol–water partition coefficient (Wildman–Crippen LogP) is 2.57. The molecule has 1 aliphatic rings. The molecule has 1 saturated carbocycles. The molecular weight excluding hydrogens is 244 g/mol. The first kappa shape index (κ1) is 12.7. The minimum atomic E-state index is -2.54. The molecule has 17 heavy (non-hydrogen) atoms. The quantitative estimate of drug-likeness (QED) is 0.889. The summed E-state index contributed by atoms with van der Waals surface area (Å²) in [6, 6.07) is 0. The molecule has 0 radical (unpaired) electrons. The Bertz CT molecular complexity index is 393. The molecule has 0 atom stereocenters. The van der Waals surface area contributed by atoms with Gasteiger partial charge in [0.2, 0.25) is 5.92 Å². The van der Waals surface area contributed by atoms with Crippen molar-refractivity contribution in [3.05, 3.63) is 11.1 Å². The predicted molar refractivity (Wildman–Crippen MR) is 65.7 cm³/mol. The van der Waals surface area contributed by atoms with E-state index in [1.807, 2.05) is 19.0 Å². The normalized spacial score (nSPS) is 22.4. The Morgan fingerprint density at radius 3 is 2.35 bits per heavy atom. The fraction of sp³-hybridized carbons (Fsp3) is 0.727. The first-order valence-electron chi connectivity index (χ1n) is 5.63. The summed E-state index contributed by atoms with van der Waals surface area (Å²) >= 11 is 1.49. The fourth-order valence-electron chi connectivity index (χ4n) is 2.01. The third-order valence-corrected chi connectivity index (χ3v) is 4.63. The zero-order chi connectivity index (χ0) is 12.7. The number of nitrogens with zero attached hydrogens (tertiary/aromatic N) is 2. The summed E-state index contributed by atoms with van der Waals surface area (Å²) in [5.41, 5.74) is 5.62. The van der Waals surface area contributed by atoms with Crippen molar-refractivity contribution >= 4 is 16.5 Å². The van der Waals surface area contributed by atoms with E-state index in [-0.39, 0.29) is 12.8 Å². The number of thiazole rings is 1.